The van der Waals surface area contributed by atoms with E-state index < -0.39 is 0 Å². The minimum absolute atomic E-state index is 0.0797. The number of likely N-dealkylation sites (tertiary alicyclic amines) is 1. The Kier molecular flexibility index (Phi) is 6.64. The number of carbonyl (C=O) groups is 2. The first-order valence-electron chi connectivity index (χ1n) is 8.46. The molecule has 0 saturated carbocycles. The summed E-state index contributed by atoms with van der Waals surface area (Å²) in [7, 11) is 2.18. The van der Waals surface area contributed by atoms with Crippen LogP contribution >= 0.6 is 0 Å². The molecule has 6 nitrogen and oxygen atoms in total. The van der Waals surface area contributed by atoms with Gasteiger partial charge in [0, 0.05) is 38.6 Å². The molecule has 22 heavy (non-hydrogen) atoms. The van der Waals surface area contributed by atoms with Crippen LogP contribution < -0.4 is 0 Å². The first-order chi connectivity index (χ1) is 10.6. The van der Waals surface area contributed by atoms with E-state index in [-0.39, 0.29) is 24.7 Å². The number of hydrogen-bond acceptors (Lipinski definition) is 5. The molecule has 6 heteroatoms. The van der Waals surface area contributed by atoms with E-state index in [2.05, 4.69) is 16.8 Å². The van der Waals surface area contributed by atoms with Gasteiger partial charge in [0.05, 0.1) is 13.0 Å². The van der Waals surface area contributed by atoms with Crippen molar-refractivity contribution in [2.75, 3.05) is 52.9 Å². The smallest absolute Gasteiger partial charge is 0.306 e. The average Bonchev–Trinajstić information content (AvgIpc) is 2.54. The monoisotopic (exact) mass is 311 g/mol. The van der Waals surface area contributed by atoms with Crippen LogP contribution in [0.5, 0.6) is 0 Å². The van der Waals surface area contributed by atoms with Crippen molar-refractivity contribution >= 4 is 11.9 Å². The molecule has 0 N–H and O–H groups in total. The molecule has 2 aliphatic heterocycles. The lowest BCUT2D eigenvalue weighted by Gasteiger charge is -2.42. The summed E-state index contributed by atoms with van der Waals surface area (Å²) in [5.74, 6) is -0.197. The van der Waals surface area contributed by atoms with Crippen LogP contribution in [0.3, 0.4) is 0 Å². The van der Waals surface area contributed by atoms with Crippen molar-refractivity contribution in [3.63, 3.8) is 0 Å². The van der Waals surface area contributed by atoms with Crippen LogP contribution in [0.2, 0.25) is 0 Å². The van der Waals surface area contributed by atoms with Crippen LogP contribution in [-0.4, -0.2) is 85.5 Å². The van der Waals surface area contributed by atoms with Crippen LogP contribution in [-0.2, 0) is 14.3 Å². The molecule has 2 saturated heterocycles. The molecule has 1 amide bonds. The van der Waals surface area contributed by atoms with Crippen molar-refractivity contribution in [3.05, 3.63) is 0 Å². The van der Waals surface area contributed by atoms with Crippen molar-refractivity contribution in [1.82, 2.24) is 14.7 Å². The third-order valence-electron chi connectivity index (χ3n) is 4.72. The van der Waals surface area contributed by atoms with E-state index in [0.29, 0.717) is 12.6 Å². The van der Waals surface area contributed by atoms with Crippen LogP contribution in [0.15, 0.2) is 0 Å². The maximum Gasteiger partial charge on any atom is 0.306 e. The van der Waals surface area contributed by atoms with Gasteiger partial charge in [0.15, 0.2) is 0 Å². The molecule has 0 radical (unpaired) electrons. The zero-order valence-electron chi connectivity index (χ0n) is 13.9. The number of esters is 1. The Morgan fingerprint density at radius 3 is 2.23 bits per heavy atom. The van der Waals surface area contributed by atoms with Gasteiger partial charge in [0.2, 0.25) is 5.91 Å². The predicted molar refractivity (Wildman–Crippen MR) is 84.5 cm³/mol. The SMILES string of the molecule is CCOC(=O)CCC(=O)N1CCN(C2CCN(C)CC2)CC1. The Morgan fingerprint density at radius 2 is 1.64 bits per heavy atom. The highest BCUT2D eigenvalue weighted by molar-refractivity contribution is 5.81. The molecule has 126 valence electrons. The van der Waals surface area contributed by atoms with Gasteiger partial charge in [-0.1, -0.05) is 0 Å². The average molecular weight is 311 g/mol. The summed E-state index contributed by atoms with van der Waals surface area (Å²) in [6.07, 6.45) is 2.93. The highest BCUT2D eigenvalue weighted by Crippen LogP contribution is 2.17. The lowest BCUT2D eigenvalue weighted by atomic mass is 10.0. The second-order valence-corrected chi connectivity index (χ2v) is 6.26. The van der Waals surface area contributed by atoms with Gasteiger partial charge < -0.3 is 14.5 Å². The van der Waals surface area contributed by atoms with Crippen molar-refractivity contribution in [3.8, 4) is 0 Å². The van der Waals surface area contributed by atoms with Crippen LogP contribution in [0, 0.1) is 0 Å². The van der Waals surface area contributed by atoms with Crippen LogP contribution in [0.25, 0.3) is 0 Å². The summed E-state index contributed by atoms with van der Waals surface area (Å²) in [4.78, 5) is 30.2. The molecule has 0 aromatic heterocycles. The van der Waals surface area contributed by atoms with Crippen molar-refractivity contribution in [2.45, 2.75) is 38.6 Å². The van der Waals surface area contributed by atoms with E-state index in [4.69, 9.17) is 4.74 Å². The van der Waals surface area contributed by atoms with Gasteiger partial charge in [-0.05, 0) is 39.9 Å². The number of piperidine rings is 1. The number of ether oxygens (including phenoxy) is 1. The zero-order chi connectivity index (χ0) is 15.9. The molecule has 2 rings (SSSR count). The molecule has 0 spiro atoms. The fourth-order valence-corrected chi connectivity index (χ4v) is 3.30. The van der Waals surface area contributed by atoms with E-state index in [0.717, 1.165) is 26.2 Å². The fraction of sp³-hybridized carbons (Fsp3) is 0.875. The summed E-state index contributed by atoms with van der Waals surface area (Å²) < 4.78 is 4.86. The second-order valence-electron chi connectivity index (χ2n) is 6.26. The molecule has 0 atom stereocenters. The Bertz CT molecular complexity index is 373. The summed E-state index contributed by atoms with van der Waals surface area (Å²) in [5.41, 5.74) is 0. The quantitative estimate of drug-likeness (QED) is 0.695. The maximum atomic E-state index is 12.1. The Balaban J connectivity index is 1.68. The van der Waals surface area contributed by atoms with Gasteiger partial charge in [0.1, 0.15) is 0 Å². The van der Waals surface area contributed by atoms with Gasteiger partial charge in [-0.2, -0.15) is 0 Å². The molecular formula is C16H29N3O3. The first kappa shape index (κ1) is 17.2. The predicted octanol–water partition coefficient (Wildman–Crippen LogP) is 0.568. The first-order valence-corrected chi connectivity index (χ1v) is 8.46. The lowest BCUT2D eigenvalue weighted by molar-refractivity contribution is -0.146. The molecule has 0 bridgehead atoms. The Morgan fingerprint density at radius 1 is 1.00 bits per heavy atom. The van der Waals surface area contributed by atoms with E-state index >= 15 is 0 Å². The molecule has 2 fully saturated rings. The molecule has 0 aromatic carbocycles. The highest BCUT2D eigenvalue weighted by Gasteiger charge is 2.28. The summed E-state index contributed by atoms with van der Waals surface area (Å²) in [6.45, 7) is 7.98. The van der Waals surface area contributed by atoms with Gasteiger partial charge >= 0.3 is 5.97 Å². The van der Waals surface area contributed by atoms with Crippen molar-refractivity contribution in [2.24, 2.45) is 0 Å². The minimum atomic E-state index is -0.277. The van der Waals surface area contributed by atoms with E-state index in [1.807, 2.05) is 4.90 Å². The number of rotatable bonds is 5. The van der Waals surface area contributed by atoms with Crippen molar-refractivity contribution in [1.29, 1.82) is 0 Å². The normalized spacial score (nSPS) is 21.8. The summed E-state index contributed by atoms with van der Waals surface area (Å²) in [5, 5.41) is 0. The van der Waals surface area contributed by atoms with E-state index in [1.54, 1.807) is 6.92 Å². The molecule has 2 heterocycles. The number of piperazine rings is 1. The number of hydrogen-bond donors (Lipinski definition) is 0. The largest absolute Gasteiger partial charge is 0.466 e. The molecule has 0 aromatic rings. The van der Waals surface area contributed by atoms with Crippen LogP contribution in [0.4, 0.5) is 0 Å². The van der Waals surface area contributed by atoms with Crippen LogP contribution in [0.1, 0.15) is 32.6 Å². The van der Waals surface area contributed by atoms with E-state index in [1.165, 1.54) is 25.9 Å². The molecular weight excluding hydrogens is 282 g/mol. The second kappa shape index (κ2) is 8.48. The van der Waals surface area contributed by atoms with Gasteiger partial charge in [-0.15, -0.1) is 0 Å². The molecule has 0 aliphatic carbocycles. The van der Waals surface area contributed by atoms with Gasteiger partial charge in [0.25, 0.3) is 0 Å². The maximum absolute atomic E-state index is 12.1. The minimum Gasteiger partial charge on any atom is -0.466 e. The highest BCUT2D eigenvalue weighted by atomic mass is 16.5. The topological polar surface area (TPSA) is 53.1 Å². The third-order valence-corrected chi connectivity index (χ3v) is 4.72. The van der Waals surface area contributed by atoms with Gasteiger partial charge in [-0.25, -0.2) is 0 Å². The zero-order valence-corrected chi connectivity index (χ0v) is 13.9. The van der Waals surface area contributed by atoms with Crippen molar-refractivity contribution < 1.29 is 14.3 Å². The molecule has 0 unspecified atom stereocenters. The number of nitrogens with zero attached hydrogens (tertiary/aromatic N) is 3. The standard InChI is InChI=1S/C16H29N3O3/c1-3-22-16(21)5-4-15(20)19-12-10-18(11-13-19)14-6-8-17(2)9-7-14/h14H,3-13H2,1-2H3. The summed E-state index contributed by atoms with van der Waals surface area (Å²) >= 11 is 0. The third kappa shape index (κ3) is 4.95. The molecule has 2 aliphatic rings. The van der Waals surface area contributed by atoms with Gasteiger partial charge in [-0.3, -0.25) is 14.5 Å². The fourth-order valence-electron chi connectivity index (χ4n) is 3.30. The lowest BCUT2D eigenvalue weighted by Crippen LogP contribution is -2.54. The Labute approximate surface area is 133 Å². The Hall–Kier alpha value is -1.14. The number of amides is 1. The van der Waals surface area contributed by atoms with E-state index in [9.17, 15) is 9.59 Å². The summed E-state index contributed by atoms with van der Waals surface area (Å²) in [6, 6.07) is 0.674. The number of carbonyl (C=O) groups excluding carboxylic acids is 2.